The first-order valence-electron chi connectivity index (χ1n) is 7.12. The number of amides is 1. The molecule has 1 aliphatic carbocycles. The Bertz CT molecular complexity index is 507. The van der Waals surface area contributed by atoms with Crippen LogP contribution in [0.3, 0.4) is 0 Å². The minimum Gasteiger partial charge on any atom is -0.349 e. The van der Waals surface area contributed by atoms with Crippen LogP contribution in [0.25, 0.3) is 0 Å². The third-order valence-corrected chi connectivity index (χ3v) is 3.99. The summed E-state index contributed by atoms with van der Waals surface area (Å²) in [5.41, 5.74) is 3.36. The van der Waals surface area contributed by atoms with E-state index in [4.69, 9.17) is 0 Å². The highest BCUT2D eigenvalue weighted by atomic mass is 16.1. The zero-order valence-electron chi connectivity index (χ0n) is 11.1. The second kappa shape index (κ2) is 5.57. The topological polar surface area (TPSA) is 41.1 Å². The van der Waals surface area contributed by atoms with Crippen molar-refractivity contribution in [3.63, 3.8) is 0 Å². The summed E-state index contributed by atoms with van der Waals surface area (Å²) in [5.74, 6) is 0.0963. The highest BCUT2D eigenvalue weighted by molar-refractivity contribution is 5.96. The molecule has 1 aliphatic heterocycles. The quantitative estimate of drug-likeness (QED) is 0.796. The first-order chi connectivity index (χ1) is 9.34. The molecule has 0 aromatic heterocycles. The molecule has 0 bridgehead atoms. The van der Waals surface area contributed by atoms with Gasteiger partial charge in [0.05, 0.1) is 0 Å². The Balaban J connectivity index is 1.77. The molecule has 2 aliphatic rings. The first-order valence-corrected chi connectivity index (χ1v) is 7.12. The van der Waals surface area contributed by atoms with Crippen LogP contribution in [0.5, 0.6) is 0 Å². The lowest BCUT2D eigenvalue weighted by Crippen LogP contribution is -2.36. The molecule has 0 spiro atoms. The summed E-state index contributed by atoms with van der Waals surface area (Å²) in [4.78, 5) is 12.4. The van der Waals surface area contributed by atoms with E-state index < -0.39 is 0 Å². The van der Waals surface area contributed by atoms with E-state index in [1.165, 1.54) is 11.1 Å². The van der Waals surface area contributed by atoms with Gasteiger partial charge in [0.1, 0.15) is 0 Å². The number of benzene rings is 1. The molecule has 1 aromatic rings. The number of hydrogen-bond donors (Lipinski definition) is 2. The summed E-state index contributed by atoms with van der Waals surface area (Å²) in [7, 11) is 0. The normalized spacial score (nSPS) is 21.8. The average Bonchev–Trinajstić information content (AvgIpc) is 2.47. The summed E-state index contributed by atoms with van der Waals surface area (Å²) in [6.07, 6.45) is 8.39. The smallest absolute Gasteiger partial charge is 0.251 e. The summed E-state index contributed by atoms with van der Waals surface area (Å²) in [6.45, 7) is 1.84. The van der Waals surface area contributed by atoms with Crippen molar-refractivity contribution in [1.29, 1.82) is 0 Å². The van der Waals surface area contributed by atoms with E-state index in [-0.39, 0.29) is 5.91 Å². The molecule has 1 aromatic carbocycles. The molecule has 0 fully saturated rings. The van der Waals surface area contributed by atoms with Crippen LogP contribution < -0.4 is 10.6 Å². The predicted octanol–water partition coefficient (Wildman–Crippen LogP) is 2.17. The summed E-state index contributed by atoms with van der Waals surface area (Å²) in [6, 6.07) is 6.36. The standard InChI is InChI=1S/C16H20N2O/c19-16(18-13-6-2-1-3-7-13)15-8-4-5-12-11-17-10-9-14(12)15/h1-2,4-5,8,13,17H,3,6-7,9-11H2,(H,18,19). The van der Waals surface area contributed by atoms with Crippen LogP contribution in [-0.2, 0) is 13.0 Å². The monoisotopic (exact) mass is 256 g/mol. The van der Waals surface area contributed by atoms with Crippen LogP contribution in [0.2, 0.25) is 0 Å². The summed E-state index contributed by atoms with van der Waals surface area (Å²) < 4.78 is 0. The van der Waals surface area contributed by atoms with E-state index in [2.05, 4.69) is 28.9 Å². The Kier molecular flexibility index (Phi) is 3.65. The van der Waals surface area contributed by atoms with Gasteiger partial charge in [0.2, 0.25) is 0 Å². The molecule has 3 nitrogen and oxygen atoms in total. The van der Waals surface area contributed by atoms with Crippen molar-refractivity contribution < 1.29 is 4.79 Å². The van der Waals surface area contributed by atoms with E-state index in [1.54, 1.807) is 0 Å². The fourth-order valence-electron chi connectivity index (χ4n) is 2.93. The summed E-state index contributed by atoms with van der Waals surface area (Å²) >= 11 is 0. The first kappa shape index (κ1) is 12.4. The Labute approximate surface area is 114 Å². The number of allylic oxidation sites excluding steroid dienone is 1. The van der Waals surface area contributed by atoms with Crippen molar-refractivity contribution in [3.05, 3.63) is 47.0 Å². The molecule has 0 saturated carbocycles. The maximum absolute atomic E-state index is 12.4. The van der Waals surface area contributed by atoms with Gasteiger partial charge in [0.15, 0.2) is 0 Å². The van der Waals surface area contributed by atoms with Gasteiger partial charge in [-0.1, -0.05) is 24.3 Å². The van der Waals surface area contributed by atoms with E-state index in [0.29, 0.717) is 6.04 Å². The molecule has 19 heavy (non-hydrogen) atoms. The molecule has 3 heteroatoms. The molecule has 0 radical (unpaired) electrons. The fourth-order valence-corrected chi connectivity index (χ4v) is 2.93. The van der Waals surface area contributed by atoms with Gasteiger partial charge in [0.25, 0.3) is 5.91 Å². The van der Waals surface area contributed by atoms with Crippen molar-refractivity contribution >= 4 is 5.91 Å². The number of carbonyl (C=O) groups excluding carboxylic acids is 1. The largest absolute Gasteiger partial charge is 0.349 e. The Morgan fingerprint density at radius 2 is 2.26 bits per heavy atom. The summed E-state index contributed by atoms with van der Waals surface area (Å²) in [5, 5.41) is 6.52. The SMILES string of the molecule is O=C(NC1CC=CCC1)c1cccc2c1CCNC2. The zero-order valence-corrected chi connectivity index (χ0v) is 11.1. The fraction of sp³-hybridized carbons (Fsp3) is 0.438. The molecular weight excluding hydrogens is 236 g/mol. The van der Waals surface area contributed by atoms with Gasteiger partial charge < -0.3 is 10.6 Å². The maximum atomic E-state index is 12.4. The lowest BCUT2D eigenvalue weighted by Gasteiger charge is -2.23. The molecule has 1 unspecified atom stereocenters. The molecule has 1 heterocycles. The third kappa shape index (κ3) is 2.71. The van der Waals surface area contributed by atoms with Crippen LogP contribution in [0.4, 0.5) is 0 Å². The molecule has 0 saturated heterocycles. The van der Waals surface area contributed by atoms with Gasteiger partial charge in [-0.05, 0) is 49.4 Å². The van der Waals surface area contributed by atoms with E-state index in [0.717, 1.165) is 44.3 Å². The van der Waals surface area contributed by atoms with Crippen molar-refractivity contribution in [1.82, 2.24) is 10.6 Å². The Hall–Kier alpha value is -1.61. The van der Waals surface area contributed by atoms with Crippen LogP contribution in [-0.4, -0.2) is 18.5 Å². The minimum atomic E-state index is 0.0963. The van der Waals surface area contributed by atoms with Crippen molar-refractivity contribution in [2.75, 3.05) is 6.54 Å². The highest BCUT2D eigenvalue weighted by Gasteiger charge is 2.19. The van der Waals surface area contributed by atoms with Crippen LogP contribution >= 0.6 is 0 Å². The van der Waals surface area contributed by atoms with Gasteiger partial charge in [-0.3, -0.25) is 4.79 Å². The molecule has 100 valence electrons. The average molecular weight is 256 g/mol. The Morgan fingerprint density at radius 3 is 3.11 bits per heavy atom. The number of hydrogen-bond acceptors (Lipinski definition) is 2. The molecule has 1 amide bonds. The maximum Gasteiger partial charge on any atom is 0.251 e. The van der Waals surface area contributed by atoms with Crippen LogP contribution in [0, 0.1) is 0 Å². The van der Waals surface area contributed by atoms with E-state index >= 15 is 0 Å². The lowest BCUT2D eigenvalue weighted by molar-refractivity contribution is 0.0933. The number of nitrogens with one attached hydrogen (secondary N) is 2. The van der Waals surface area contributed by atoms with Gasteiger partial charge in [-0.25, -0.2) is 0 Å². The van der Waals surface area contributed by atoms with E-state index in [9.17, 15) is 4.79 Å². The molecule has 1 atom stereocenters. The van der Waals surface area contributed by atoms with E-state index in [1.807, 2.05) is 12.1 Å². The van der Waals surface area contributed by atoms with Crippen LogP contribution in [0.15, 0.2) is 30.4 Å². The number of rotatable bonds is 2. The third-order valence-electron chi connectivity index (χ3n) is 3.99. The number of fused-ring (bicyclic) bond motifs is 1. The van der Waals surface area contributed by atoms with Crippen molar-refractivity contribution in [2.45, 2.75) is 38.3 Å². The van der Waals surface area contributed by atoms with Gasteiger partial charge in [-0.15, -0.1) is 0 Å². The molecule has 3 rings (SSSR count). The lowest BCUT2D eigenvalue weighted by atomic mass is 9.94. The van der Waals surface area contributed by atoms with Gasteiger partial charge >= 0.3 is 0 Å². The number of carbonyl (C=O) groups is 1. The minimum absolute atomic E-state index is 0.0963. The zero-order chi connectivity index (χ0) is 13.1. The molecule has 2 N–H and O–H groups in total. The van der Waals surface area contributed by atoms with Gasteiger partial charge in [0, 0.05) is 18.2 Å². The highest BCUT2D eigenvalue weighted by Crippen LogP contribution is 2.19. The van der Waals surface area contributed by atoms with Crippen molar-refractivity contribution in [3.8, 4) is 0 Å². The second-order valence-corrected chi connectivity index (χ2v) is 5.32. The second-order valence-electron chi connectivity index (χ2n) is 5.32. The van der Waals surface area contributed by atoms with Crippen molar-refractivity contribution in [2.24, 2.45) is 0 Å². The van der Waals surface area contributed by atoms with Gasteiger partial charge in [-0.2, -0.15) is 0 Å². The predicted molar refractivity (Wildman–Crippen MR) is 76.1 cm³/mol. The molecular formula is C16H20N2O. The Morgan fingerprint density at radius 1 is 1.32 bits per heavy atom. The van der Waals surface area contributed by atoms with Crippen LogP contribution in [0.1, 0.15) is 40.7 Å².